The smallest absolute Gasteiger partial charge is 0.194 e. The molecule has 27 heavy (non-hydrogen) atoms. The number of morpholine rings is 1. The maximum Gasteiger partial charge on any atom is 0.194 e. The van der Waals surface area contributed by atoms with Crippen LogP contribution < -0.4 is 5.32 Å². The summed E-state index contributed by atoms with van der Waals surface area (Å²) < 4.78 is 7.71. The van der Waals surface area contributed by atoms with Gasteiger partial charge in [-0.15, -0.1) is 24.0 Å². The van der Waals surface area contributed by atoms with E-state index in [9.17, 15) is 0 Å². The lowest BCUT2D eigenvalue weighted by atomic mass is 10.1. The quantitative estimate of drug-likeness (QED) is 0.375. The lowest BCUT2D eigenvalue weighted by molar-refractivity contribution is -0.00805. The molecule has 1 aliphatic rings. The van der Waals surface area contributed by atoms with Gasteiger partial charge in [0.05, 0.1) is 25.9 Å². The Bertz CT molecular complexity index is 783. The van der Waals surface area contributed by atoms with E-state index >= 15 is 0 Å². The van der Waals surface area contributed by atoms with Crippen molar-refractivity contribution in [3.63, 3.8) is 0 Å². The molecule has 1 aromatic heterocycles. The minimum absolute atomic E-state index is 0. The van der Waals surface area contributed by atoms with Gasteiger partial charge in [0, 0.05) is 41.9 Å². The molecule has 0 saturated carbocycles. The highest BCUT2D eigenvalue weighted by Gasteiger charge is 2.25. The Labute approximate surface area is 186 Å². The Morgan fingerprint density at radius 3 is 2.89 bits per heavy atom. The molecule has 148 valence electrons. The van der Waals surface area contributed by atoms with E-state index in [0.29, 0.717) is 23.2 Å². The number of aromatic nitrogens is 2. The van der Waals surface area contributed by atoms with Gasteiger partial charge in [0.1, 0.15) is 6.10 Å². The van der Waals surface area contributed by atoms with Gasteiger partial charge >= 0.3 is 0 Å². The summed E-state index contributed by atoms with van der Waals surface area (Å²) in [6, 6.07) is 5.49. The molecule has 1 atom stereocenters. The lowest BCUT2D eigenvalue weighted by Gasteiger charge is -2.34. The Hall–Kier alpha value is -1.03. The van der Waals surface area contributed by atoms with Crippen LogP contribution in [0.4, 0.5) is 0 Å². The molecule has 0 bridgehead atoms. The predicted octanol–water partition coefficient (Wildman–Crippen LogP) is 3.88. The van der Waals surface area contributed by atoms with Crippen LogP contribution in [0.1, 0.15) is 24.2 Å². The highest BCUT2D eigenvalue weighted by molar-refractivity contribution is 14.0. The van der Waals surface area contributed by atoms with Crippen LogP contribution in [0.25, 0.3) is 0 Å². The minimum atomic E-state index is -0.0135. The summed E-state index contributed by atoms with van der Waals surface area (Å²) in [5, 5.41) is 8.86. The second-order valence-corrected chi connectivity index (χ2v) is 7.00. The number of aliphatic imine (C=N–C) groups is 1. The van der Waals surface area contributed by atoms with Crippen LogP contribution in [0.2, 0.25) is 10.0 Å². The normalized spacial score (nSPS) is 17.6. The van der Waals surface area contributed by atoms with Gasteiger partial charge in [-0.25, -0.2) is 4.99 Å². The second-order valence-electron chi connectivity index (χ2n) is 6.16. The Morgan fingerprint density at radius 1 is 1.41 bits per heavy atom. The number of rotatable bonds is 4. The summed E-state index contributed by atoms with van der Waals surface area (Å²) in [6.45, 7) is 5.51. The third kappa shape index (κ3) is 5.97. The molecular formula is C18H24Cl2IN5O. The first-order valence-electron chi connectivity index (χ1n) is 8.64. The fraction of sp³-hybridized carbons (Fsp3) is 0.444. The van der Waals surface area contributed by atoms with Gasteiger partial charge in [0.2, 0.25) is 0 Å². The zero-order valence-electron chi connectivity index (χ0n) is 15.4. The maximum absolute atomic E-state index is 6.26. The van der Waals surface area contributed by atoms with Crippen LogP contribution in [-0.4, -0.2) is 46.9 Å². The molecule has 1 unspecified atom stereocenters. The van der Waals surface area contributed by atoms with E-state index in [0.717, 1.165) is 36.7 Å². The number of guanidine groups is 1. The maximum atomic E-state index is 6.26. The molecule has 0 amide bonds. The monoisotopic (exact) mass is 523 g/mol. The average Bonchev–Trinajstić information content (AvgIpc) is 3.06. The Balaban J connectivity index is 0.00000261. The number of nitrogens with one attached hydrogen (secondary N) is 1. The van der Waals surface area contributed by atoms with E-state index in [4.69, 9.17) is 32.9 Å². The largest absolute Gasteiger partial charge is 0.370 e. The zero-order valence-corrected chi connectivity index (χ0v) is 19.2. The average molecular weight is 524 g/mol. The molecule has 0 radical (unpaired) electrons. The van der Waals surface area contributed by atoms with Crippen molar-refractivity contribution in [2.45, 2.75) is 19.6 Å². The van der Waals surface area contributed by atoms with Crippen LogP contribution in [0, 0.1) is 0 Å². The topological polar surface area (TPSA) is 54.7 Å². The van der Waals surface area contributed by atoms with Crippen molar-refractivity contribution in [1.29, 1.82) is 0 Å². The predicted molar refractivity (Wildman–Crippen MR) is 120 cm³/mol. The molecule has 1 N–H and O–H groups in total. The fourth-order valence-corrected chi connectivity index (χ4v) is 3.35. The van der Waals surface area contributed by atoms with Crippen LogP contribution in [0.5, 0.6) is 0 Å². The first-order valence-corrected chi connectivity index (χ1v) is 9.39. The number of aryl methyl sites for hydroxylation is 1. The molecule has 1 aliphatic heterocycles. The Kier molecular flexibility index (Phi) is 8.65. The lowest BCUT2D eigenvalue weighted by Crippen LogP contribution is -2.48. The molecule has 0 spiro atoms. The number of hydrogen-bond acceptors (Lipinski definition) is 3. The molecule has 1 fully saturated rings. The molecule has 2 heterocycles. The third-order valence-corrected chi connectivity index (χ3v) is 4.80. The third-order valence-electron chi connectivity index (χ3n) is 4.21. The number of halogens is 3. The molecule has 1 aromatic carbocycles. The van der Waals surface area contributed by atoms with Crippen molar-refractivity contribution >= 4 is 53.1 Å². The number of benzene rings is 1. The first-order chi connectivity index (χ1) is 12.6. The summed E-state index contributed by atoms with van der Waals surface area (Å²) >= 11 is 12.2. The van der Waals surface area contributed by atoms with Crippen LogP contribution >= 0.6 is 47.2 Å². The molecule has 3 rings (SSSR count). The highest BCUT2D eigenvalue weighted by atomic mass is 127. The number of nitrogens with zero attached hydrogens (tertiary/aromatic N) is 4. The van der Waals surface area contributed by atoms with Gasteiger partial charge in [-0.3, -0.25) is 4.68 Å². The SMILES string of the molecule is CCNC(=NCc1ccc(Cl)cc1Cl)N1CCOC(c2cnn(C)c2)C1.I. The summed E-state index contributed by atoms with van der Waals surface area (Å²) in [7, 11) is 1.91. The molecule has 2 aromatic rings. The van der Waals surface area contributed by atoms with Crippen LogP contribution in [0.15, 0.2) is 35.6 Å². The molecule has 1 saturated heterocycles. The summed E-state index contributed by atoms with van der Waals surface area (Å²) in [4.78, 5) is 6.98. The van der Waals surface area contributed by atoms with E-state index in [2.05, 4.69) is 22.2 Å². The van der Waals surface area contributed by atoms with Crippen molar-refractivity contribution in [2.75, 3.05) is 26.2 Å². The van der Waals surface area contributed by atoms with Gasteiger partial charge in [-0.05, 0) is 24.6 Å². The van der Waals surface area contributed by atoms with E-state index in [-0.39, 0.29) is 30.1 Å². The van der Waals surface area contributed by atoms with Crippen molar-refractivity contribution in [1.82, 2.24) is 20.0 Å². The van der Waals surface area contributed by atoms with Gasteiger partial charge in [-0.2, -0.15) is 5.10 Å². The zero-order chi connectivity index (χ0) is 18.5. The van der Waals surface area contributed by atoms with E-state index in [1.54, 1.807) is 10.7 Å². The summed E-state index contributed by atoms with van der Waals surface area (Å²) in [6.07, 6.45) is 3.83. The van der Waals surface area contributed by atoms with Crippen LogP contribution in [0.3, 0.4) is 0 Å². The van der Waals surface area contributed by atoms with Crippen LogP contribution in [-0.2, 0) is 18.3 Å². The molecule has 0 aliphatic carbocycles. The molecular weight excluding hydrogens is 500 g/mol. The minimum Gasteiger partial charge on any atom is -0.370 e. The van der Waals surface area contributed by atoms with Crippen molar-refractivity contribution in [3.05, 3.63) is 51.8 Å². The van der Waals surface area contributed by atoms with E-state index < -0.39 is 0 Å². The number of ether oxygens (including phenoxy) is 1. The standard InChI is InChI=1S/C18H23Cl2N5O.HI/c1-3-21-18(22-9-13-4-5-15(19)8-16(13)20)25-6-7-26-17(12-25)14-10-23-24(2)11-14;/h4-5,8,10-11,17H,3,6-7,9,12H2,1-2H3,(H,21,22);1H. The molecule has 9 heteroatoms. The number of hydrogen-bond donors (Lipinski definition) is 1. The Morgan fingerprint density at radius 2 is 2.22 bits per heavy atom. The highest BCUT2D eigenvalue weighted by Crippen LogP contribution is 2.23. The van der Waals surface area contributed by atoms with Gasteiger partial charge < -0.3 is 15.0 Å². The second kappa shape index (κ2) is 10.5. The van der Waals surface area contributed by atoms with E-state index in [1.165, 1.54) is 0 Å². The first kappa shape index (κ1) is 22.3. The van der Waals surface area contributed by atoms with E-state index in [1.807, 2.05) is 31.6 Å². The fourth-order valence-electron chi connectivity index (χ4n) is 2.89. The van der Waals surface area contributed by atoms with Crippen molar-refractivity contribution in [3.8, 4) is 0 Å². The van der Waals surface area contributed by atoms with Gasteiger partial charge in [-0.1, -0.05) is 29.3 Å². The van der Waals surface area contributed by atoms with Crippen molar-refractivity contribution in [2.24, 2.45) is 12.0 Å². The van der Waals surface area contributed by atoms with Gasteiger partial charge in [0.25, 0.3) is 0 Å². The van der Waals surface area contributed by atoms with Gasteiger partial charge in [0.15, 0.2) is 5.96 Å². The summed E-state index contributed by atoms with van der Waals surface area (Å²) in [5.74, 6) is 0.857. The van der Waals surface area contributed by atoms with Crippen molar-refractivity contribution < 1.29 is 4.74 Å². The molecule has 6 nitrogen and oxygen atoms in total. The summed E-state index contributed by atoms with van der Waals surface area (Å²) in [5.41, 5.74) is 2.03.